The first kappa shape index (κ1) is 11.3. The second-order valence-electron chi connectivity index (χ2n) is 4.08. The van der Waals surface area contributed by atoms with E-state index in [1.165, 1.54) is 17.5 Å². The van der Waals surface area contributed by atoms with Crippen LogP contribution in [0.4, 0.5) is 0 Å². The van der Waals surface area contributed by atoms with Crippen LogP contribution < -0.4 is 5.32 Å². The average Bonchev–Trinajstić information content (AvgIpc) is 2.19. The Morgan fingerprint density at radius 3 is 2.71 bits per heavy atom. The molecule has 0 unspecified atom stereocenters. The van der Waals surface area contributed by atoms with E-state index in [1.54, 1.807) is 0 Å². The van der Waals surface area contributed by atoms with Gasteiger partial charge in [-0.15, -0.1) is 0 Å². The van der Waals surface area contributed by atoms with Crippen molar-refractivity contribution in [3.8, 4) is 0 Å². The number of nitrogens with one attached hydrogen (secondary N) is 1. The summed E-state index contributed by atoms with van der Waals surface area (Å²) in [7, 11) is 0. The maximum Gasteiger partial charge on any atom is 0.0205 e. The van der Waals surface area contributed by atoms with Crippen LogP contribution in [0.1, 0.15) is 44.2 Å². The molecule has 1 aromatic rings. The van der Waals surface area contributed by atoms with Crippen LogP contribution in [-0.4, -0.2) is 6.54 Å². The van der Waals surface area contributed by atoms with Crippen LogP contribution in [0.15, 0.2) is 24.3 Å². The molecule has 1 aromatic carbocycles. The highest BCUT2D eigenvalue weighted by atomic mass is 14.8. The minimum absolute atomic E-state index is 0.626. The summed E-state index contributed by atoms with van der Waals surface area (Å²) in [5, 5.41) is 3.42. The number of hydrogen-bond acceptors (Lipinski definition) is 1. The maximum absolute atomic E-state index is 3.42. The molecule has 78 valence electrons. The fourth-order valence-corrected chi connectivity index (χ4v) is 1.47. The molecule has 14 heavy (non-hydrogen) atoms. The SMILES string of the molecule is CCCNCc1cccc(C(C)C)c1. The monoisotopic (exact) mass is 191 g/mol. The fourth-order valence-electron chi connectivity index (χ4n) is 1.47. The van der Waals surface area contributed by atoms with Crippen LogP contribution in [-0.2, 0) is 6.54 Å². The Balaban J connectivity index is 2.55. The van der Waals surface area contributed by atoms with Crippen molar-refractivity contribution in [1.29, 1.82) is 0 Å². The molecule has 0 fully saturated rings. The third-order valence-corrected chi connectivity index (χ3v) is 2.37. The van der Waals surface area contributed by atoms with E-state index in [9.17, 15) is 0 Å². The molecule has 0 radical (unpaired) electrons. The standard InChI is InChI=1S/C13H21N/c1-4-8-14-10-12-6-5-7-13(9-12)11(2)3/h5-7,9,11,14H,4,8,10H2,1-3H3. The normalized spacial score (nSPS) is 10.9. The predicted octanol–water partition coefficient (Wildman–Crippen LogP) is 3.31. The largest absolute Gasteiger partial charge is 0.313 e. The molecule has 0 aliphatic carbocycles. The van der Waals surface area contributed by atoms with E-state index in [4.69, 9.17) is 0 Å². The van der Waals surface area contributed by atoms with Crippen LogP contribution in [0, 0.1) is 0 Å². The van der Waals surface area contributed by atoms with E-state index in [2.05, 4.69) is 50.4 Å². The van der Waals surface area contributed by atoms with Crippen molar-refractivity contribution in [3.63, 3.8) is 0 Å². The molecule has 0 aliphatic heterocycles. The average molecular weight is 191 g/mol. The van der Waals surface area contributed by atoms with Gasteiger partial charge in [0.05, 0.1) is 0 Å². The first-order valence-electron chi connectivity index (χ1n) is 5.53. The van der Waals surface area contributed by atoms with E-state index in [1.807, 2.05) is 0 Å². The molecular formula is C13H21N. The summed E-state index contributed by atoms with van der Waals surface area (Å²) >= 11 is 0. The molecular weight excluding hydrogens is 170 g/mol. The Labute approximate surface area is 87.5 Å². The molecule has 0 aromatic heterocycles. The van der Waals surface area contributed by atoms with E-state index in [0.29, 0.717) is 5.92 Å². The van der Waals surface area contributed by atoms with Gasteiger partial charge in [0.1, 0.15) is 0 Å². The molecule has 0 saturated heterocycles. The third-order valence-electron chi connectivity index (χ3n) is 2.37. The van der Waals surface area contributed by atoms with Crippen LogP contribution >= 0.6 is 0 Å². The van der Waals surface area contributed by atoms with Crippen molar-refractivity contribution in [1.82, 2.24) is 5.32 Å². The third kappa shape index (κ3) is 3.51. The Morgan fingerprint density at radius 1 is 1.29 bits per heavy atom. The topological polar surface area (TPSA) is 12.0 Å². The number of rotatable bonds is 5. The minimum Gasteiger partial charge on any atom is -0.313 e. The molecule has 0 aliphatic rings. The Kier molecular flexibility index (Phi) is 4.68. The molecule has 1 heteroatoms. The second-order valence-corrected chi connectivity index (χ2v) is 4.08. The zero-order chi connectivity index (χ0) is 10.4. The number of benzene rings is 1. The lowest BCUT2D eigenvalue weighted by Crippen LogP contribution is -2.13. The van der Waals surface area contributed by atoms with Gasteiger partial charge >= 0.3 is 0 Å². The minimum atomic E-state index is 0.626. The van der Waals surface area contributed by atoms with Crippen molar-refractivity contribution >= 4 is 0 Å². The van der Waals surface area contributed by atoms with Gasteiger partial charge in [0.25, 0.3) is 0 Å². The van der Waals surface area contributed by atoms with Crippen LogP contribution in [0.25, 0.3) is 0 Å². The lowest BCUT2D eigenvalue weighted by molar-refractivity contribution is 0.674. The summed E-state index contributed by atoms with van der Waals surface area (Å²) < 4.78 is 0. The Morgan fingerprint density at radius 2 is 2.07 bits per heavy atom. The molecule has 0 atom stereocenters. The first-order chi connectivity index (χ1) is 6.74. The summed E-state index contributed by atoms with van der Waals surface area (Å²) in [5.41, 5.74) is 2.82. The molecule has 1 nitrogen and oxygen atoms in total. The summed E-state index contributed by atoms with van der Waals surface area (Å²) in [6, 6.07) is 8.84. The zero-order valence-electron chi connectivity index (χ0n) is 9.51. The Hall–Kier alpha value is -0.820. The Bertz CT molecular complexity index is 266. The molecule has 0 spiro atoms. The van der Waals surface area contributed by atoms with Crippen molar-refractivity contribution in [2.75, 3.05) is 6.54 Å². The zero-order valence-corrected chi connectivity index (χ0v) is 9.51. The highest BCUT2D eigenvalue weighted by molar-refractivity contribution is 5.25. The van der Waals surface area contributed by atoms with Gasteiger partial charge in [-0.3, -0.25) is 0 Å². The summed E-state index contributed by atoms with van der Waals surface area (Å²) in [4.78, 5) is 0. The van der Waals surface area contributed by atoms with Gasteiger partial charge in [0, 0.05) is 6.54 Å². The lowest BCUT2D eigenvalue weighted by atomic mass is 10.0. The van der Waals surface area contributed by atoms with Gasteiger partial charge in [0.15, 0.2) is 0 Å². The molecule has 0 heterocycles. The highest BCUT2D eigenvalue weighted by Crippen LogP contribution is 2.15. The van der Waals surface area contributed by atoms with Gasteiger partial charge in [-0.2, -0.15) is 0 Å². The molecule has 0 bridgehead atoms. The van der Waals surface area contributed by atoms with Gasteiger partial charge in [-0.25, -0.2) is 0 Å². The van der Waals surface area contributed by atoms with Gasteiger partial charge in [-0.05, 0) is 30.0 Å². The van der Waals surface area contributed by atoms with Crippen LogP contribution in [0.3, 0.4) is 0 Å². The maximum atomic E-state index is 3.42. The predicted molar refractivity (Wildman–Crippen MR) is 62.5 cm³/mol. The summed E-state index contributed by atoms with van der Waals surface area (Å²) in [6.45, 7) is 8.76. The molecule has 1 rings (SSSR count). The van der Waals surface area contributed by atoms with Crippen LogP contribution in [0.2, 0.25) is 0 Å². The van der Waals surface area contributed by atoms with E-state index >= 15 is 0 Å². The molecule has 1 N–H and O–H groups in total. The quantitative estimate of drug-likeness (QED) is 0.704. The summed E-state index contributed by atoms with van der Waals surface area (Å²) in [6.07, 6.45) is 1.20. The smallest absolute Gasteiger partial charge is 0.0205 e. The van der Waals surface area contributed by atoms with Crippen molar-refractivity contribution in [2.24, 2.45) is 0 Å². The lowest BCUT2D eigenvalue weighted by Gasteiger charge is -2.08. The van der Waals surface area contributed by atoms with Crippen molar-refractivity contribution in [2.45, 2.75) is 39.7 Å². The highest BCUT2D eigenvalue weighted by Gasteiger charge is 1.99. The second kappa shape index (κ2) is 5.82. The fraction of sp³-hybridized carbons (Fsp3) is 0.538. The van der Waals surface area contributed by atoms with Crippen LogP contribution in [0.5, 0.6) is 0 Å². The van der Waals surface area contributed by atoms with E-state index in [0.717, 1.165) is 13.1 Å². The number of hydrogen-bond donors (Lipinski definition) is 1. The van der Waals surface area contributed by atoms with Gasteiger partial charge < -0.3 is 5.32 Å². The first-order valence-corrected chi connectivity index (χ1v) is 5.53. The van der Waals surface area contributed by atoms with E-state index < -0.39 is 0 Å². The van der Waals surface area contributed by atoms with Gasteiger partial charge in [-0.1, -0.05) is 45.0 Å². The molecule has 0 saturated carbocycles. The molecule has 0 amide bonds. The van der Waals surface area contributed by atoms with Gasteiger partial charge in [0.2, 0.25) is 0 Å². The summed E-state index contributed by atoms with van der Waals surface area (Å²) in [5.74, 6) is 0.626. The van der Waals surface area contributed by atoms with Crippen molar-refractivity contribution < 1.29 is 0 Å². The van der Waals surface area contributed by atoms with E-state index in [-0.39, 0.29) is 0 Å². The van der Waals surface area contributed by atoms with Crippen molar-refractivity contribution in [3.05, 3.63) is 35.4 Å².